The summed E-state index contributed by atoms with van der Waals surface area (Å²) < 4.78 is 1.75. The normalized spacial score (nSPS) is 11.0. The molecule has 0 bridgehead atoms. The number of fused-ring (bicyclic) bond motifs is 1. The monoisotopic (exact) mass is 278 g/mol. The Hall–Kier alpha value is -1.71. The van der Waals surface area contributed by atoms with Gasteiger partial charge in [0.1, 0.15) is 17.1 Å². The van der Waals surface area contributed by atoms with E-state index >= 15 is 0 Å². The minimum Gasteiger partial charge on any atom is -0.506 e. The summed E-state index contributed by atoms with van der Waals surface area (Å²) in [7, 11) is 0. The van der Waals surface area contributed by atoms with E-state index in [4.69, 9.17) is 23.2 Å². The Morgan fingerprint density at radius 3 is 2.50 bits per heavy atom. The quantitative estimate of drug-likeness (QED) is 0.730. The number of aromatic hydroxyl groups is 1. The van der Waals surface area contributed by atoms with Crippen molar-refractivity contribution in [2.24, 2.45) is 0 Å². The highest BCUT2D eigenvalue weighted by molar-refractivity contribution is 6.33. The Balaban J connectivity index is 2.30. The van der Waals surface area contributed by atoms with Crippen LogP contribution in [0.25, 0.3) is 16.9 Å². The highest BCUT2D eigenvalue weighted by Crippen LogP contribution is 2.31. The van der Waals surface area contributed by atoms with Crippen molar-refractivity contribution in [3.05, 3.63) is 52.8 Å². The van der Waals surface area contributed by atoms with E-state index in [0.717, 1.165) is 5.56 Å². The number of halogens is 2. The summed E-state index contributed by atoms with van der Waals surface area (Å²) in [6.45, 7) is 0. The summed E-state index contributed by atoms with van der Waals surface area (Å²) in [6, 6.07) is 10.6. The second kappa shape index (κ2) is 4.19. The number of nitrogens with zero attached hydrogens (tertiary/aromatic N) is 2. The van der Waals surface area contributed by atoms with Gasteiger partial charge < -0.3 is 5.11 Å². The van der Waals surface area contributed by atoms with Crippen LogP contribution in [0.2, 0.25) is 10.2 Å². The summed E-state index contributed by atoms with van der Waals surface area (Å²) in [5, 5.41) is 10.7. The fraction of sp³-hybridized carbons (Fsp3) is 0. The van der Waals surface area contributed by atoms with Gasteiger partial charge in [-0.25, -0.2) is 4.98 Å². The van der Waals surface area contributed by atoms with Crippen molar-refractivity contribution in [2.45, 2.75) is 0 Å². The molecule has 3 aromatic rings. The van der Waals surface area contributed by atoms with Crippen molar-refractivity contribution in [1.29, 1.82) is 0 Å². The smallest absolute Gasteiger partial charge is 0.159 e. The zero-order valence-electron chi connectivity index (χ0n) is 9.14. The molecule has 18 heavy (non-hydrogen) atoms. The van der Waals surface area contributed by atoms with Gasteiger partial charge in [0.25, 0.3) is 0 Å². The SMILES string of the molecule is Oc1cccn2c(-c3ccc(Cl)cc3)nc(Cl)c12. The van der Waals surface area contributed by atoms with Crippen LogP contribution in [0.5, 0.6) is 5.75 Å². The molecule has 3 rings (SSSR count). The first-order valence-electron chi connectivity index (χ1n) is 5.28. The van der Waals surface area contributed by atoms with E-state index in [1.54, 1.807) is 34.9 Å². The summed E-state index contributed by atoms with van der Waals surface area (Å²) in [5.41, 5.74) is 1.39. The number of pyridine rings is 1. The van der Waals surface area contributed by atoms with Gasteiger partial charge in [-0.05, 0) is 36.4 Å². The van der Waals surface area contributed by atoms with E-state index in [9.17, 15) is 5.11 Å². The molecular formula is C13H8Cl2N2O. The van der Waals surface area contributed by atoms with Crippen molar-refractivity contribution in [1.82, 2.24) is 9.38 Å². The first-order chi connectivity index (χ1) is 8.66. The molecule has 0 aliphatic carbocycles. The van der Waals surface area contributed by atoms with E-state index in [1.807, 2.05) is 12.1 Å². The minimum atomic E-state index is 0.107. The summed E-state index contributed by atoms with van der Waals surface area (Å²) in [4.78, 5) is 4.28. The van der Waals surface area contributed by atoms with Gasteiger partial charge in [-0.2, -0.15) is 0 Å². The molecular weight excluding hydrogens is 271 g/mol. The van der Waals surface area contributed by atoms with Crippen LogP contribution < -0.4 is 0 Å². The topological polar surface area (TPSA) is 37.5 Å². The number of hydrogen-bond acceptors (Lipinski definition) is 2. The van der Waals surface area contributed by atoms with Gasteiger partial charge in [0.05, 0.1) is 0 Å². The van der Waals surface area contributed by atoms with Crippen molar-refractivity contribution < 1.29 is 5.11 Å². The van der Waals surface area contributed by atoms with Gasteiger partial charge in [-0.1, -0.05) is 23.2 Å². The van der Waals surface area contributed by atoms with E-state index < -0.39 is 0 Å². The molecule has 1 N–H and O–H groups in total. The average Bonchev–Trinajstić information content (AvgIpc) is 2.69. The molecule has 0 atom stereocenters. The minimum absolute atomic E-state index is 0.107. The lowest BCUT2D eigenvalue weighted by molar-refractivity contribution is 0.479. The molecule has 2 heterocycles. The molecule has 0 amide bonds. The number of aromatic nitrogens is 2. The van der Waals surface area contributed by atoms with E-state index in [-0.39, 0.29) is 10.9 Å². The predicted octanol–water partition coefficient (Wildman–Crippen LogP) is 4.01. The number of rotatable bonds is 1. The molecule has 1 aromatic carbocycles. The van der Waals surface area contributed by atoms with Gasteiger partial charge in [0.2, 0.25) is 0 Å². The van der Waals surface area contributed by atoms with E-state index in [2.05, 4.69) is 4.98 Å². The predicted molar refractivity (Wildman–Crippen MR) is 72.3 cm³/mol. The molecule has 0 saturated heterocycles. The molecule has 0 radical (unpaired) electrons. The Kier molecular flexibility index (Phi) is 2.65. The first kappa shape index (κ1) is 11.4. The number of hydrogen-bond donors (Lipinski definition) is 1. The zero-order valence-corrected chi connectivity index (χ0v) is 10.7. The molecule has 2 aromatic heterocycles. The largest absolute Gasteiger partial charge is 0.506 e. The van der Waals surface area contributed by atoms with Crippen LogP contribution in [0.4, 0.5) is 0 Å². The molecule has 0 unspecified atom stereocenters. The number of imidazole rings is 1. The van der Waals surface area contributed by atoms with E-state index in [1.165, 1.54) is 0 Å². The maximum absolute atomic E-state index is 9.79. The number of benzene rings is 1. The Morgan fingerprint density at radius 2 is 1.78 bits per heavy atom. The standard InChI is InChI=1S/C13H8Cl2N2O/c14-9-5-3-8(4-6-9)13-16-12(15)11-10(18)2-1-7-17(11)13/h1-7,18H. The highest BCUT2D eigenvalue weighted by Gasteiger charge is 2.13. The molecule has 3 nitrogen and oxygen atoms in total. The van der Waals surface area contributed by atoms with Crippen LogP contribution in [-0.2, 0) is 0 Å². The third-order valence-corrected chi connectivity index (χ3v) is 3.22. The van der Waals surface area contributed by atoms with Gasteiger partial charge >= 0.3 is 0 Å². The van der Waals surface area contributed by atoms with Crippen molar-refractivity contribution in [3.8, 4) is 17.1 Å². The van der Waals surface area contributed by atoms with E-state index in [0.29, 0.717) is 16.4 Å². The summed E-state index contributed by atoms with van der Waals surface area (Å²) >= 11 is 11.9. The Bertz CT molecular complexity index is 720. The van der Waals surface area contributed by atoms with Gasteiger partial charge in [-0.3, -0.25) is 4.40 Å². The van der Waals surface area contributed by atoms with Crippen LogP contribution in [-0.4, -0.2) is 14.5 Å². The van der Waals surface area contributed by atoms with Crippen molar-refractivity contribution in [3.63, 3.8) is 0 Å². The van der Waals surface area contributed by atoms with Crippen LogP contribution >= 0.6 is 23.2 Å². The maximum Gasteiger partial charge on any atom is 0.159 e. The zero-order chi connectivity index (χ0) is 12.7. The van der Waals surface area contributed by atoms with Gasteiger partial charge in [-0.15, -0.1) is 0 Å². The second-order valence-corrected chi connectivity index (χ2v) is 4.64. The maximum atomic E-state index is 9.79. The third kappa shape index (κ3) is 1.72. The molecule has 90 valence electrons. The molecule has 0 aliphatic heterocycles. The fourth-order valence-corrected chi connectivity index (χ4v) is 2.28. The lowest BCUT2D eigenvalue weighted by Gasteiger charge is -2.02. The summed E-state index contributed by atoms with van der Waals surface area (Å²) in [5.74, 6) is 0.776. The Morgan fingerprint density at radius 1 is 1.06 bits per heavy atom. The molecule has 0 saturated carbocycles. The Labute approximate surface area is 113 Å². The third-order valence-electron chi connectivity index (χ3n) is 2.70. The first-order valence-corrected chi connectivity index (χ1v) is 6.04. The van der Waals surface area contributed by atoms with Crippen LogP contribution in [0.3, 0.4) is 0 Å². The van der Waals surface area contributed by atoms with Gasteiger partial charge in [0.15, 0.2) is 5.15 Å². The lowest BCUT2D eigenvalue weighted by atomic mass is 10.2. The van der Waals surface area contributed by atoms with Crippen LogP contribution in [0.15, 0.2) is 42.6 Å². The van der Waals surface area contributed by atoms with Crippen molar-refractivity contribution in [2.75, 3.05) is 0 Å². The van der Waals surface area contributed by atoms with Crippen LogP contribution in [0, 0.1) is 0 Å². The average molecular weight is 279 g/mol. The molecule has 0 fully saturated rings. The molecule has 0 aliphatic rings. The van der Waals surface area contributed by atoms with Crippen LogP contribution in [0.1, 0.15) is 0 Å². The summed E-state index contributed by atoms with van der Waals surface area (Å²) in [6.07, 6.45) is 1.80. The van der Waals surface area contributed by atoms with Crippen molar-refractivity contribution >= 4 is 28.7 Å². The van der Waals surface area contributed by atoms with Gasteiger partial charge in [0, 0.05) is 16.8 Å². The molecule has 5 heteroatoms. The lowest BCUT2D eigenvalue weighted by Crippen LogP contribution is -1.88. The second-order valence-electron chi connectivity index (χ2n) is 3.85. The molecule has 0 spiro atoms. The highest BCUT2D eigenvalue weighted by atomic mass is 35.5. The fourth-order valence-electron chi connectivity index (χ4n) is 1.88.